The number of methoxy groups -OCH3 is 1. The van der Waals surface area contributed by atoms with Gasteiger partial charge in [0.15, 0.2) is 0 Å². The molecule has 0 saturated carbocycles. The molecule has 0 aliphatic carbocycles. The molecule has 2 atom stereocenters. The number of nitrogens with zero attached hydrogens (tertiary/aromatic N) is 1. The minimum absolute atomic E-state index is 0.0878. The predicted octanol–water partition coefficient (Wildman–Crippen LogP) is 4.93. The van der Waals surface area contributed by atoms with E-state index in [4.69, 9.17) is 4.74 Å². The Morgan fingerprint density at radius 3 is 2.50 bits per heavy atom. The molecule has 0 radical (unpaired) electrons. The van der Waals surface area contributed by atoms with Gasteiger partial charge >= 0.3 is 0 Å². The maximum absolute atomic E-state index is 13.1. The minimum Gasteiger partial charge on any atom is -0.497 e. The van der Waals surface area contributed by atoms with Gasteiger partial charge in [-0.05, 0) is 47.4 Å². The molecule has 0 aromatic heterocycles. The van der Waals surface area contributed by atoms with Crippen molar-refractivity contribution in [2.75, 3.05) is 12.0 Å². The SMILES string of the molecule is COc1ccc2c(c1)[C@H](c1ccccc1)C[C@@H]1c3ccccc3C(=O)N21. The summed E-state index contributed by atoms with van der Waals surface area (Å²) in [6, 6.07) is 24.7. The van der Waals surface area contributed by atoms with E-state index in [1.54, 1.807) is 7.11 Å². The van der Waals surface area contributed by atoms with Crippen LogP contribution in [-0.2, 0) is 0 Å². The first-order valence-electron chi connectivity index (χ1n) is 8.93. The molecule has 128 valence electrons. The molecular formula is C23H19NO2. The maximum atomic E-state index is 13.1. The second-order valence-electron chi connectivity index (χ2n) is 6.90. The highest BCUT2D eigenvalue weighted by Crippen LogP contribution is 2.52. The Labute approximate surface area is 152 Å². The molecule has 0 N–H and O–H groups in total. The Hall–Kier alpha value is -3.07. The Balaban J connectivity index is 1.72. The van der Waals surface area contributed by atoms with Gasteiger partial charge in [0.05, 0.1) is 13.2 Å². The first-order chi connectivity index (χ1) is 12.8. The highest BCUT2D eigenvalue weighted by molar-refractivity contribution is 6.12. The predicted molar refractivity (Wildman–Crippen MR) is 102 cm³/mol. The van der Waals surface area contributed by atoms with E-state index in [9.17, 15) is 4.79 Å². The molecule has 3 heteroatoms. The third kappa shape index (κ3) is 2.10. The van der Waals surface area contributed by atoms with E-state index in [2.05, 4.69) is 36.4 Å². The van der Waals surface area contributed by atoms with Crippen LogP contribution < -0.4 is 9.64 Å². The molecule has 3 aromatic carbocycles. The van der Waals surface area contributed by atoms with Gasteiger partial charge in [-0.1, -0.05) is 48.5 Å². The molecule has 0 spiro atoms. The third-order valence-corrected chi connectivity index (χ3v) is 5.61. The largest absolute Gasteiger partial charge is 0.497 e. The van der Waals surface area contributed by atoms with Crippen molar-refractivity contribution < 1.29 is 9.53 Å². The number of fused-ring (bicyclic) bond motifs is 5. The number of anilines is 1. The van der Waals surface area contributed by atoms with Crippen molar-refractivity contribution in [3.8, 4) is 5.75 Å². The lowest BCUT2D eigenvalue weighted by atomic mass is 9.80. The van der Waals surface area contributed by atoms with E-state index < -0.39 is 0 Å². The Bertz CT molecular complexity index is 996. The molecule has 3 nitrogen and oxygen atoms in total. The lowest BCUT2D eigenvalue weighted by Crippen LogP contribution is -2.34. The van der Waals surface area contributed by atoms with Gasteiger partial charge in [-0.25, -0.2) is 0 Å². The summed E-state index contributed by atoms with van der Waals surface area (Å²) in [5, 5.41) is 0. The fraction of sp³-hybridized carbons (Fsp3) is 0.174. The third-order valence-electron chi connectivity index (χ3n) is 5.61. The Kier molecular flexibility index (Phi) is 3.35. The number of benzene rings is 3. The summed E-state index contributed by atoms with van der Waals surface area (Å²) in [4.78, 5) is 15.1. The Morgan fingerprint density at radius 2 is 1.69 bits per heavy atom. The van der Waals surface area contributed by atoms with Gasteiger partial charge in [-0.15, -0.1) is 0 Å². The van der Waals surface area contributed by atoms with E-state index >= 15 is 0 Å². The monoisotopic (exact) mass is 341 g/mol. The molecule has 0 bridgehead atoms. The summed E-state index contributed by atoms with van der Waals surface area (Å²) < 4.78 is 5.46. The topological polar surface area (TPSA) is 29.5 Å². The van der Waals surface area contributed by atoms with Crippen LogP contribution in [0.3, 0.4) is 0 Å². The van der Waals surface area contributed by atoms with Crippen LogP contribution in [0.2, 0.25) is 0 Å². The summed E-state index contributed by atoms with van der Waals surface area (Å²) in [6.07, 6.45) is 0.882. The molecule has 2 heterocycles. The zero-order chi connectivity index (χ0) is 17.7. The zero-order valence-corrected chi connectivity index (χ0v) is 14.6. The van der Waals surface area contributed by atoms with Crippen molar-refractivity contribution in [2.45, 2.75) is 18.4 Å². The van der Waals surface area contributed by atoms with E-state index in [0.717, 1.165) is 34.5 Å². The number of hydrogen-bond donors (Lipinski definition) is 0. The Morgan fingerprint density at radius 1 is 0.923 bits per heavy atom. The van der Waals surface area contributed by atoms with Crippen LogP contribution in [0.15, 0.2) is 72.8 Å². The van der Waals surface area contributed by atoms with Crippen molar-refractivity contribution in [1.29, 1.82) is 0 Å². The van der Waals surface area contributed by atoms with Crippen LogP contribution in [0, 0.1) is 0 Å². The number of rotatable bonds is 2. The second kappa shape index (κ2) is 5.73. The first-order valence-corrected chi connectivity index (χ1v) is 8.93. The van der Waals surface area contributed by atoms with Crippen molar-refractivity contribution >= 4 is 11.6 Å². The molecule has 26 heavy (non-hydrogen) atoms. The fourth-order valence-electron chi connectivity index (χ4n) is 4.41. The molecule has 0 unspecified atom stereocenters. The van der Waals surface area contributed by atoms with E-state index in [0.29, 0.717) is 0 Å². The van der Waals surface area contributed by atoms with Gasteiger partial charge in [0.25, 0.3) is 5.91 Å². The van der Waals surface area contributed by atoms with Crippen molar-refractivity contribution in [3.63, 3.8) is 0 Å². The summed E-state index contributed by atoms with van der Waals surface area (Å²) >= 11 is 0. The number of carbonyl (C=O) groups excluding carboxylic acids is 1. The molecular weight excluding hydrogens is 322 g/mol. The summed E-state index contributed by atoms with van der Waals surface area (Å²) in [7, 11) is 1.68. The normalized spacial score (nSPS) is 20.3. The number of ether oxygens (including phenoxy) is 1. The fourth-order valence-corrected chi connectivity index (χ4v) is 4.41. The van der Waals surface area contributed by atoms with Crippen LogP contribution >= 0.6 is 0 Å². The number of hydrogen-bond acceptors (Lipinski definition) is 2. The van der Waals surface area contributed by atoms with Crippen molar-refractivity contribution in [1.82, 2.24) is 0 Å². The van der Waals surface area contributed by atoms with Crippen molar-refractivity contribution in [3.05, 3.63) is 95.1 Å². The standard InChI is InChI=1S/C23H19NO2/c1-26-16-11-12-21-20(13-16)19(15-7-3-2-4-8-15)14-22-17-9-5-6-10-18(17)23(25)24(21)22/h2-13,19,22H,14H2,1H3/t19-,22+/m0/s1. The summed E-state index contributed by atoms with van der Waals surface area (Å²) in [6.45, 7) is 0. The summed E-state index contributed by atoms with van der Waals surface area (Å²) in [5.41, 5.74) is 5.40. The lowest BCUT2D eigenvalue weighted by molar-refractivity contribution is 0.0988. The summed E-state index contributed by atoms with van der Waals surface area (Å²) in [5.74, 6) is 1.16. The molecule has 1 amide bonds. The van der Waals surface area contributed by atoms with Gasteiger partial charge in [0, 0.05) is 17.2 Å². The quantitative estimate of drug-likeness (QED) is 0.661. The molecule has 5 rings (SSSR count). The number of carbonyl (C=O) groups is 1. The van der Waals surface area contributed by atoms with Crippen molar-refractivity contribution in [2.24, 2.45) is 0 Å². The van der Waals surface area contributed by atoms with Crippen LogP contribution in [-0.4, -0.2) is 13.0 Å². The molecule has 2 aliphatic heterocycles. The first kappa shape index (κ1) is 15.2. The van der Waals surface area contributed by atoms with Crippen LogP contribution in [0.1, 0.15) is 45.4 Å². The molecule has 0 saturated heterocycles. The van der Waals surface area contributed by atoms with Crippen LogP contribution in [0.4, 0.5) is 5.69 Å². The minimum atomic E-state index is 0.0878. The molecule has 0 fully saturated rings. The van der Waals surface area contributed by atoms with Gasteiger partial charge < -0.3 is 9.64 Å². The number of amides is 1. The molecule has 2 aliphatic rings. The average molecular weight is 341 g/mol. The molecule has 3 aromatic rings. The van der Waals surface area contributed by atoms with Gasteiger partial charge in [-0.2, -0.15) is 0 Å². The highest BCUT2D eigenvalue weighted by atomic mass is 16.5. The maximum Gasteiger partial charge on any atom is 0.259 e. The second-order valence-corrected chi connectivity index (χ2v) is 6.90. The van der Waals surface area contributed by atoms with Gasteiger partial charge in [-0.3, -0.25) is 4.79 Å². The average Bonchev–Trinajstić information content (AvgIpc) is 3.00. The highest BCUT2D eigenvalue weighted by Gasteiger charge is 2.43. The van der Waals surface area contributed by atoms with Gasteiger partial charge in [0.2, 0.25) is 0 Å². The van der Waals surface area contributed by atoms with Crippen LogP contribution in [0.5, 0.6) is 5.75 Å². The van der Waals surface area contributed by atoms with E-state index in [1.165, 1.54) is 5.56 Å². The van der Waals surface area contributed by atoms with Gasteiger partial charge in [0.1, 0.15) is 5.75 Å². The van der Waals surface area contributed by atoms with E-state index in [1.807, 2.05) is 41.3 Å². The smallest absolute Gasteiger partial charge is 0.259 e. The van der Waals surface area contributed by atoms with E-state index in [-0.39, 0.29) is 17.9 Å². The zero-order valence-electron chi connectivity index (χ0n) is 14.6. The lowest BCUT2D eigenvalue weighted by Gasteiger charge is -2.37. The van der Waals surface area contributed by atoms with Crippen LogP contribution in [0.25, 0.3) is 0 Å².